The third-order valence-corrected chi connectivity index (χ3v) is 6.41. The summed E-state index contributed by atoms with van der Waals surface area (Å²) >= 11 is 1.71. The number of aromatic nitrogens is 3. The zero-order valence-electron chi connectivity index (χ0n) is 15.9. The summed E-state index contributed by atoms with van der Waals surface area (Å²) in [5, 5.41) is 4.52. The van der Waals surface area contributed by atoms with Crippen LogP contribution in [-0.2, 0) is 7.05 Å². The maximum absolute atomic E-state index is 13.0. The van der Waals surface area contributed by atoms with E-state index in [1.165, 1.54) is 4.68 Å². The fourth-order valence-corrected chi connectivity index (χ4v) is 4.69. The van der Waals surface area contributed by atoms with Crippen molar-refractivity contribution in [2.24, 2.45) is 7.05 Å². The van der Waals surface area contributed by atoms with Crippen LogP contribution in [0.15, 0.2) is 34.0 Å². The summed E-state index contributed by atoms with van der Waals surface area (Å²) in [7, 11) is 1.73. The number of carbonyl (C=O) groups is 1. The van der Waals surface area contributed by atoms with Crippen LogP contribution in [-0.4, -0.2) is 44.0 Å². The normalized spacial score (nSPS) is 18.1. The summed E-state index contributed by atoms with van der Waals surface area (Å²) < 4.78 is 3.36. The maximum atomic E-state index is 13.0. The van der Waals surface area contributed by atoms with Crippen molar-refractivity contribution in [3.8, 4) is 0 Å². The number of aryl methyl sites for hydroxylation is 1. The maximum Gasteiger partial charge on any atom is 0.345 e. The number of piperidine rings is 1. The van der Waals surface area contributed by atoms with Crippen LogP contribution in [0.4, 0.5) is 0 Å². The van der Waals surface area contributed by atoms with Gasteiger partial charge < -0.3 is 4.90 Å². The van der Waals surface area contributed by atoms with Crippen molar-refractivity contribution in [3.63, 3.8) is 0 Å². The molecule has 0 N–H and O–H groups in total. The van der Waals surface area contributed by atoms with Gasteiger partial charge >= 0.3 is 5.69 Å². The molecule has 2 aliphatic rings. The molecule has 27 heavy (non-hydrogen) atoms. The summed E-state index contributed by atoms with van der Waals surface area (Å²) in [6.07, 6.45) is 3.86. The second-order valence-electron chi connectivity index (χ2n) is 7.36. The zero-order valence-corrected chi connectivity index (χ0v) is 16.7. The molecule has 1 aliphatic heterocycles. The summed E-state index contributed by atoms with van der Waals surface area (Å²) in [6.45, 7) is 3.53. The van der Waals surface area contributed by atoms with Crippen LogP contribution in [0.1, 0.15) is 60.7 Å². The van der Waals surface area contributed by atoms with Crippen molar-refractivity contribution < 1.29 is 4.79 Å². The number of likely N-dealkylation sites (tertiary alicyclic amines) is 1. The quantitative estimate of drug-likeness (QED) is 0.741. The van der Waals surface area contributed by atoms with Gasteiger partial charge in [-0.2, -0.15) is 5.10 Å². The molecule has 1 aliphatic carbocycles. The zero-order chi connectivity index (χ0) is 19.0. The molecule has 1 amide bonds. The van der Waals surface area contributed by atoms with Gasteiger partial charge in [0.15, 0.2) is 0 Å². The average Bonchev–Trinajstić information content (AvgIpc) is 3.48. The highest BCUT2D eigenvalue weighted by Crippen LogP contribution is 2.37. The van der Waals surface area contributed by atoms with Crippen molar-refractivity contribution in [1.29, 1.82) is 0 Å². The van der Waals surface area contributed by atoms with Crippen molar-refractivity contribution in [2.75, 3.05) is 18.8 Å². The average molecular weight is 387 g/mol. The second kappa shape index (κ2) is 7.54. The van der Waals surface area contributed by atoms with Crippen LogP contribution < -0.4 is 5.69 Å². The number of carbonyl (C=O) groups excluding carboxylic acids is 1. The van der Waals surface area contributed by atoms with Gasteiger partial charge in [0.25, 0.3) is 5.91 Å². The predicted octanol–water partition coefficient (Wildman–Crippen LogP) is 3.05. The lowest BCUT2D eigenvalue weighted by Gasteiger charge is -2.32. The Kier molecular flexibility index (Phi) is 5.12. The highest BCUT2D eigenvalue weighted by molar-refractivity contribution is 7.99. The molecule has 1 aromatic carbocycles. The lowest BCUT2D eigenvalue weighted by atomic mass is 9.95. The minimum absolute atomic E-state index is 0.00322. The van der Waals surface area contributed by atoms with E-state index in [1.54, 1.807) is 18.8 Å². The fourth-order valence-electron chi connectivity index (χ4n) is 3.89. The van der Waals surface area contributed by atoms with Gasteiger partial charge in [-0.3, -0.25) is 9.36 Å². The summed E-state index contributed by atoms with van der Waals surface area (Å²) in [4.78, 5) is 28.4. The van der Waals surface area contributed by atoms with Gasteiger partial charge in [0.05, 0.1) is 5.56 Å². The topological polar surface area (TPSA) is 60.1 Å². The van der Waals surface area contributed by atoms with Gasteiger partial charge in [-0.25, -0.2) is 9.48 Å². The molecule has 0 bridgehead atoms. The molecule has 0 radical (unpaired) electrons. The Hall–Kier alpha value is -2.02. The monoisotopic (exact) mass is 386 g/mol. The Bertz CT molecular complexity index is 892. The van der Waals surface area contributed by atoms with Crippen molar-refractivity contribution in [2.45, 2.75) is 49.5 Å². The van der Waals surface area contributed by atoms with Gasteiger partial charge in [-0.1, -0.05) is 19.1 Å². The molecular formula is C20H26N4O2S. The highest BCUT2D eigenvalue weighted by Gasteiger charge is 2.34. The number of rotatable bonds is 5. The van der Waals surface area contributed by atoms with E-state index in [0.717, 1.165) is 47.7 Å². The molecule has 1 saturated carbocycles. The lowest BCUT2D eigenvalue weighted by molar-refractivity contribution is 0.0706. The Labute approximate surface area is 163 Å². The second-order valence-corrected chi connectivity index (χ2v) is 8.67. The standard InChI is InChI=1S/C20H26N4O2S/c1-3-27-17-7-5-4-6-16(17)19(25)23-12-10-14(11-13-23)18-21-22(2)20(26)24(18)15-8-9-15/h4-7,14-15H,3,8-13H2,1-2H3. The molecule has 6 nitrogen and oxygen atoms in total. The largest absolute Gasteiger partial charge is 0.345 e. The molecule has 2 heterocycles. The molecule has 144 valence electrons. The van der Waals surface area contributed by atoms with Crippen LogP contribution in [0.3, 0.4) is 0 Å². The minimum Gasteiger partial charge on any atom is -0.339 e. The van der Waals surface area contributed by atoms with E-state index in [1.807, 2.05) is 33.7 Å². The van der Waals surface area contributed by atoms with E-state index in [-0.39, 0.29) is 17.5 Å². The van der Waals surface area contributed by atoms with Crippen molar-refractivity contribution in [1.82, 2.24) is 19.2 Å². The van der Waals surface area contributed by atoms with E-state index in [9.17, 15) is 9.59 Å². The van der Waals surface area contributed by atoms with E-state index >= 15 is 0 Å². The van der Waals surface area contributed by atoms with Gasteiger partial charge in [0.1, 0.15) is 5.82 Å². The first-order valence-electron chi connectivity index (χ1n) is 9.76. The SMILES string of the molecule is CCSc1ccccc1C(=O)N1CCC(c2nn(C)c(=O)n2C2CC2)CC1. The highest BCUT2D eigenvalue weighted by atomic mass is 32.2. The molecule has 1 saturated heterocycles. The van der Waals surface area contributed by atoms with Crippen LogP contribution in [0, 0.1) is 0 Å². The summed E-state index contributed by atoms with van der Waals surface area (Å²) in [5.74, 6) is 2.23. The number of hydrogen-bond acceptors (Lipinski definition) is 4. The Morgan fingerprint density at radius 1 is 1.19 bits per heavy atom. The number of benzene rings is 1. The first kappa shape index (κ1) is 18.3. The summed E-state index contributed by atoms with van der Waals surface area (Å²) in [6, 6.07) is 8.20. The molecule has 0 spiro atoms. The molecule has 2 fully saturated rings. The van der Waals surface area contributed by atoms with Gasteiger partial charge in [-0.05, 0) is 43.6 Å². The molecule has 7 heteroatoms. The Balaban J connectivity index is 1.48. The third kappa shape index (κ3) is 3.57. The summed E-state index contributed by atoms with van der Waals surface area (Å²) in [5.41, 5.74) is 0.798. The Morgan fingerprint density at radius 2 is 1.89 bits per heavy atom. The number of nitrogens with zero attached hydrogens (tertiary/aromatic N) is 4. The predicted molar refractivity (Wildman–Crippen MR) is 106 cm³/mol. The Morgan fingerprint density at radius 3 is 2.56 bits per heavy atom. The van der Waals surface area contributed by atoms with Gasteiger partial charge in [0.2, 0.25) is 0 Å². The van der Waals surface area contributed by atoms with Crippen LogP contribution >= 0.6 is 11.8 Å². The molecule has 0 atom stereocenters. The van der Waals surface area contributed by atoms with Crippen molar-refractivity contribution >= 4 is 17.7 Å². The van der Waals surface area contributed by atoms with E-state index in [4.69, 9.17) is 0 Å². The van der Waals surface area contributed by atoms with Crippen molar-refractivity contribution in [3.05, 3.63) is 46.1 Å². The van der Waals surface area contributed by atoms with Gasteiger partial charge in [0, 0.05) is 37.0 Å². The molecule has 0 unspecified atom stereocenters. The number of thioether (sulfide) groups is 1. The van der Waals surface area contributed by atoms with Gasteiger partial charge in [-0.15, -0.1) is 11.8 Å². The third-order valence-electron chi connectivity index (χ3n) is 5.46. The fraction of sp³-hybridized carbons (Fsp3) is 0.550. The van der Waals surface area contributed by atoms with Crippen LogP contribution in [0.5, 0.6) is 0 Å². The van der Waals surface area contributed by atoms with E-state index in [0.29, 0.717) is 19.1 Å². The van der Waals surface area contributed by atoms with Crippen LogP contribution in [0.25, 0.3) is 0 Å². The lowest BCUT2D eigenvalue weighted by Crippen LogP contribution is -2.38. The molecular weight excluding hydrogens is 360 g/mol. The number of amides is 1. The molecule has 2 aromatic rings. The number of hydrogen-bond donors (Lipinski definition) is 0. The smallest absolute Gasteiger partial charge is 0.339 e. The first-order valence-corrected chi connectivity index (χ1v) is 10.7. The van der Waals surface area contributed by atoms with E-state index < -0.39 is 0 Å². The first-order chi connectivity index (χ1) is 13.1. The molecule has 4 rings (SSSR count). The molecule has 1 aromatic heterocycles. The van der Waals surface area contributed by atoms with Crippen LogP contribution in [0.2, 0.25) is 0 Å². The van der Waals surface area contributed by atoms with E-state index in [2.05, 4.69) is 12.0 Å². The minimum atomic E-state index is -0.00322.